The van der Waals surface area contributed by atoms with Crippen LogP contribution in [0.15, 0.2) is 36.4 Å². The molecule has 0 bridgehead atoms. The molecule has 2 fully saturated rings. The smallest absolute Gasteiger partial charge is 0.407 e. The number of benzene rings is 2. The molecule has 9 nitrogen and oxygen atoms in total. The van der Waals surface area contributed by atoms with Crippen molar-refractivity contribution in [3.63, 3.8) is 0 Å². The van der Waals surface area contributed by atoms with Gasteiger partial charge in [-0.15, -0.1) is 0 Å². The summed E-state index contributed by atoms with van der Waals surface area (Å²) in [7, 11) is 0. The highest BCUT2D eigenvalue weighted by atomic mass is 35.5. The number of nitriles is 1. The van der Waals surface area contributed by atoms with E-state index in [1.54, 1.807) is 18.2 Å². The number of hydrogen-bond acceptors (Lipinski definition) is 6. The molecule has 0 spiro atoms. The van der Waals surface area contributed by atoms with Crippen molar-refractivity contribution in [2.75, 3.05) is 42.6 Å². The first kappa shape index (κ1) is 28.6. The van der Waals surface area contributed by atoms with E-state index < -0.39 is 11.6 Å². The second-order valence-corrected chi connectivity index (χ2v) is 11.0. The molecule has 2 amide bonds. The van der Waals surface area contributed by atoms with Crippen molar-refractivity contribution in [3.05, 3.63) is 52.5 Å². The average molecular weight is 570 g/mol. The maximum absolute atomic E-state index is 13.5. The summed E-state index contributed by atoms with van der Waals surface area (Å²) in [5.41, 5.74) is 1.67. The van der Waals surface area contributed by atoms with Crippen LogP contribution in [0.3, 0.4) is 0 Å². The minimum atomic E-state index is -0.945. The highest BCUT2D eigenvalue weighted by molar-refractivity contribution is 7.81. The third kappa shape index (κ3) is 5.53. The fraction of sp³-hybridized carbons (Fsp3) is 0.429. The molecule has 0 aromatic heterocycles. The van der Waals surface area contributed by atoms with E-state index in [4.69, 9.17) is 28.6 Å². The molecule has 2 heterocycles. The van der Waals surface area contributed by atoms with Crippen molar-refractivity contribution in [2.45, 2.75) is 45.7 Å². The van der Waals surface area contributed by atoms with Crippen molar-refractivity contribution in [1.82, 2.24) is 9.80 Å². The Labute approximate surface area is 239 Å². The van der Waals surface area contributed by atoms with Gasteiger partial charge in [-0.25, -0.2) is 4.79 Å². The van der Waals surface area contributed by atoms with E-state index in [0.29, 0.717) is 49.1 Å². The fourth-order valence-electron chi connectivity index (χ4n) is 5.12. The molecule has 1 N–H and O–H groups in total. The van der Waals surface area contributed by atoms with Crippen LogP contribution in [0.25, 0.3) is 0 Å². The average Bonchev–Trinajstić information content (AvgIpc) is 3.07. The minimum absolute atomic E-state index is 0.0584. The summed E-state index contributed by atoms with van der Waals surface area (Å²) in [6, 6.07) is 12.6. The quantitative estimate of drug-likeness (QED) is 0.477. The number of thiocarbonyl (C=S) groups is 1. The van der Waals surface area contributed by atoms with Crippen LogP contribution in [0.2, 0.25) is 5.02 Å². The second kappa shape index (κ2) is 11.4. The summed E-state index contributed by atoms with van der Waals surface area (Å²) in [6.45, 7) is 10.6. The van der Waals surface area contributed by atoms with Gasteiger partial charge in [-0.3, -0.25) is 14.6 Å². The van der Waals surface area contributed by atoms with E-state index in [9.17, 15) is 20.0 Å². The number of carbonyl (C=O) groups is 2. The fourth-order valence-corrected chi connectivity index (χ4v) is 5.86. The number of amides is 2. The van der Waals surface area contributed by atoms with Gasteiger partial charge in [-0.05, 0) is 81.4 Å². The molecule has 206 valence electrons. The topological polar surface area (TPSA) is 100 Å². The Morgan fingerprint density at radius 2 is 1.95 bits per heavy atom. The molecule has 0 unspecified atom stereocenters. The van der Waals surface area contributed by atoms with Crippen molar-refractivity contribution in [1.29, 1.82) is 5.26 Å². The van der Waals surface area contributed by atoms with Gasteiger partial charge in [0.25, 0.3) is 5.91 Å². The van der Waals surface area contributed by atoms with Crippen molar-refractivity contribution in [2.24, 2.45) is 0 Å². The van der Waals surface area contributed by atoms with Crippen molar-refractivity contribution < 1.29 is 19.4 Å². The summed E-state index contributed by atoms with van der Waals surface area (Å²) >= 11 is 12.0. The first-order valence-electron chi connectivity index (χ1n) is 12.9. The lowest BCUT2D eigenvalue weighted by Gasteiger charge is -2.38. The Hall–Kier alpha value is -3.39. The lowest BCUT2D eigenvalue weighted by atomic mass is 10.0. The molecule has 1 atom stereocenters. The van der Waals surface area contributed by atoms with E-state index in [1.807, 2.05) is 56.9 Å². The number of carboxylic acid groups (broad SMARTS) is 1. The molecule has 2 aromatic rings. The van der Waals surface area contributed by atoms with Crippen molar-refractivity contribution in [3.8, 4) is 11.8 Å². The normalized spacial score (nSPS) is 19.4. The van der Waals surface area contributed by atoms with Crippen LogP contribution in [0.5, 0.6) is 5.75 Å². The molecule has 0 aliphatic carbocycles. The summed E-state index contributed by atoms with van der Waals surface area (Å²) in [4.78, 5) is 31.8. The summed E-state index contributed by atoms with van der Waals surface area (Å²) in [6.07, 6.45) is -0.154. The number of halogens is 1. The van der Waals surface area contributed by atoms with Crippen LogP contribution in [0, 0.1) is 11.3 Å². The zero-order valence-corrected chi connectivity index (χ0v) is 24.1. The summed E-state index contributed by atoms with van der Waals surface area (Å²) in [5.74, 6) is 0.576. The first-order valence-corrected chi connectivity index (χ1v) is 13.6. The van der Waals surface area contributed by atoms with Crippen LogP contribution < -0.4 is 14.5 Å². The van der Waals surface area contributed by atoms with Crippen LogP contribution in [0.4, 0.5) is 16.2 Å². The molecule has 11 heteroatoms. The summed E-state index contributed by atoms with van der Waals surface area (Å²) < 4.78 is 6.14. The summed E-state index contributed by atoms with van der Waals surface area (Å²) in [5, 5.41) is 19.1. The number of carbonyl (C=O) groups excluding carboxylic acids is 1. The highest BCUT2D eigenvalue weighted by Crippen LogP contribution is 2.39. The highest BCUT2D eigenvalue weighted by Gasteiger charge is 2.50. The van der Waals surface area contributed by atoms with E-state index >= 15 is 0 Å². The number of anilines is 2. The molecule has 0 radical (unpaired) electrons. The molecule has 0 saturated carbocycles. The Balaban J connectivity index is 1.49. The molecule has 2 aliphatic rings. The Morgan fingerprint density at radius 3 is 2.56 bits per heavy atom. The number of nitrogens with zero attached hydrogens (tertiary/aromatic N) is 5. The monoisotopic (exact) mass is 569 g/mol. The molecule has 2 saturated heterocycles. The number of ether oxygens (including phenoxy) is 1. The number of hydrogen-bond donors (Lipinski definition) is 1. The van der Waals surface area contributed by atoms with Gasteiger partial charge < -0.3 is 19.6 Å². The predicted octanol–water partition coefficient (Wildman–Crippen LogP) is 4.75. The van der Waals surface area contributed by atoms with Gasteiger partial charge in [0, 0.05) is 37.9 Å². The Kier molecular flexibility index (Phi) is 8.35. The number of rotatable bonds is 7. The Bertz CT molecular complexity index is 1340. The predicted molar refractivity (Wildman–Crippen MR) is 155 cm³/mol. The van der Waals surface area contributed by atoms with Gasteiger partial charge in [0.2, 0.25) is 0 Å². The van der Waals surface area contributed by atoms with Gasteiger partial charge in [-0.2, -0.15) is 5.26 Å². The van der Waals surface area contributed by atoms with Gasteiger partial charge in [0.1, 0.15) is 24.0 Å². The zero-order chi connectivity index (χ0) is 28.5. The number of piperazine rings is 1. The molecular weight excluding hydrogens is 538 g/mol. The first-order chi connectivity index (χ1) is 18.5. The van der Waals surface area contributed by atoms with Gasteiger partial charge in [-0.1, -0.05) is 18.5 Å². The van der Waals surface area contributed by atoms with E-state index in [2.05, 4.69) is 4.90 Å². The van der Waals surface area contributed by atoms with Crippen LogP contribution >= 0.6 is 23.8 Å². The third-order valence-corrected chi connectivity index (χ3v) is 7.98. The molecular formula is C28H32ClN5O4S. The van der Waals surface area contributed by atoms with Crippen LogP contribution in [-0.2, 0) is 11.2 Å². The lowest BCUT2D eigenvalue weighted by molar-refractivity contribution is -0.120. The van der Waals surface area contributed by atoms with Crippen molar-refractivity contribution >= 4 is 52.3 Å². The third-order valence-electron chi connectivity index (χ3n) is 7.30. The maximum atomic E-state index is 13.5. The van der Waals surface area contributed by atoms with Gasteiger partial charge >= 0.3 is 6.09 Å². The van der Waals surface area contributed by atoms with E-state index in [0.717, 1.165) is 23.4 Å². The van der Waals surface area contributed by atoms with E-state index in [-0.39, 0.29) is 17.0 Å². The Morgan fingerprint density at radius 1 is 1.23 bits per heavy atom. The number of aryl methyl sites for hydroxylation is 1. The molecule has 2 aliphatic heterocycles. The van der Waals surface area contributed by atoms with Gasteiger partial charge in [0.15, 0.2) is 5.11 Å². The van der Waals surface area contributed by atoms with E-state index in [1.165, 1.54) is 9.80 Å². The minimum Gasteiger partial charge on any atom is -0.492 e. The molecule has 2 aromatic carbocycles. The standard InChI is InChI=1S/C28H32ClN5O4S/c1-5-19-14-22(8-9-24(19)38-13-12-31-10-11-32(27(36)37)18(2)17-31)34-26(39)33(25(35)28(34,3)4)21-7-6-20(16-30)23(29)15-21/h6-9,14-15,18H,5,10-13,17H2,1-4H3,(H,36,37)/t18-/m0/s1. The largest absolute Gasteiger partial charge is 0.492 e. The maximum Gasteiger partial charge on any atom is 0.407 e. The van der Waals surface area contributed by atoms with Gasteiger partial charge in [0.05, 0.1) is 16.3 Å². The zero-order valence-electron chi connectivity index (χ0n) is 22.5. The SMILES string of the molecule is CCc1cc(N2C(=S)N(c3ccc(C#N)c(Cl)c3)C(=O)C2(C)C)ccc1OCCN1CCN(C(=O)O)[C@@H](C)C1. The van der Waals surface area contributed by atoms with Crippen LogP contribution in [-0.4, -0.2) is 76.4 Å². The molecule has 4 rings (SSSR count). The second-order valence-electron chi connectivity index (χ2n) is 10.2. The lowest BCUT2D eigenvalue weighted by Crippen LogP contribution is -2.54. The van der Waals surface area contributed by atoms with Crippen LogP contribution in [0.1, 0.15) is 38.8 Å². The molecule has 39 heavy (non-hydrogen) atoms.